The predicted octanol–water partition coefficient (Wildman–Crippen LogP) is 3.13. The van der Waals surface area contributed by atoms with Gasteiger partial charge in [-0.05, 0) is 44.0 Å². The summed E-state index contributed by atoms with van der Waals surface area (Å²) in [7, 11) is 0. The molecule has 0 aromatic heterocycles. The number of nitrogens with zero attached hydrogens (tertiary/aromatic N) is 2. The Bertz CT molecular complexity index is 831. The Morgan fingerprint density at radius 3 is 2.64 bits per heavy atom. The summed E-state index contributed by atoms with van der Waals surface area (Å²) in [4.78, 5) is 22.1. The molecule has 0 aliphatic rings. The van der Waals surface area contributed by atoms with E-state index in [0.29, 0.717) is 17.0 Å². The smallest absolute Gasteiger partial charge is 0.277 e. The molecule has 2 rings (SSSR count). The summed E-state index contributed by atoms with van der Waals surface area (Å²) in [6, 6.07) is 11.6. The molecule has 7 nitrogen and oxygen atoms in total. The van der Waals surface area contributed by atoms with Gasteiger partial charge in [0.15, 0.2) is 6.61 Å². The van der Waals surface area contributed by atoms with Gasteiger partial charge in [-0.25, -0.2) is 5.43 Å². The molecule has 0 unspecified atom stereocenters. The van der Waals surface area contributed by atoms with Crippen molar-refractivity contribution in [2.24, 2.45) is 5.10 Å². The summed E-state index contributed by atoms with van der Waals surface area (Å²) in [5.74, 6) is 0.195. The lowest BCUT2D eigenvalue weighted by atomic mass is 10.1. The molecule has 1 amide bonds. The minimum atomic E-state index is -0.479. The van der Waals surface area contributed by atoms with Crippen LogP contribution in [0.5, 0.6) is 5.75 Å². The molecule has 0 aliphatic carbocycles. The summed E-state index contributed by atoms with van der Waals surface area (Å²) in [5.41, 5.74) is 5.60. The fourth-order valence-corrected chi connectivity index (χ4v) is 2.04. The molecule has 25 heavy (non-hydrogen) atoms. The van der Waals surface area contributed by atoms with E-state index in [9.17, 15) is 14.9 Å². The van der Waals surface area contributed by atoms with E-state index in [-0.39, 0.29) is 12.3 Å². The highest BCUT2D eigenvalue weighted by Crippen LogP contribution is 2.16. The van der Waals surface area contributed by atoms with E-state index in [1.54, 1.807) is 25.1 Å². The Kier molecular flexibility index (Phi) is 5.84. The minimum absolute atomic E-state index is 0.0311. The monoisotopic (exact) mass is 341 g/mol. The molecule has 0 atom stereocenters. The van der Waals surface area contributed by atoms with Gasteiger partial charge in [-0.3, -0.25) is 14.9 Å². The Balaban J connectivity index is 1.93. The average Bonchev–Trinajstić information content (AvgIpc) is 2.60. The molecular formula is C18H19N3O4. The summed E-state index contributed by atoms with van der Waals surface area (Å²) < 4.78 is 5.42. The fraction of sp³-hybridized carbons (Fsp3) is 0.222. The number of hydrazone groups is 1. The highest BCUT2D eigenvalue weighted by molar-refractivity contribution is 5.99. The predicted molar refractivity (Wildman–Crippen MR) is 94.9 cm³/mol. The molecule has 0 spiro atoms. The van der Waals surface area contributed by atoms with Gasteiger partial charge in [0.2, 0.25) is 0 Å². The van der Waals surface area contributed by atoms with Crippen molar-refractivity contribution in [3.05, 3.63) is 69.3 Å². The van der Waals surface area contributed by atoms with Crippen LogP contribution >= 0.6 is 0 Å². The minimum Gasteiger partial charge on any atom is -0.484 e. The number of aryl methyl sites for hydroxylation is 2. The van der Waals surface area contributed by atoms with E-state index in [4.69, 9.17) is 4.74 Å². The van der Waals surface area contributed by atoms with Crippen molar-refractivity contribution in [3.63, 3.8) is 0 Å². The van der Waals surface area contributed by atoms with Crippen molar-refractivity contribution in [2.45, 2.75) is 20.8 Å². The van der Waals surface area contributed by atoms with Gasteiger partial charge in [-0.1, -0.05) is 18.2 Å². The van der Waals surface area contributed by atoms with Crippen LogP contribution < -0.4 is 10.2 Å². The van der Waals surface area contributed by atoms with E-state index in [1.165, 1.54) is 12.1 Å². The highest BCUT2D eigenvalue weighted by atomic mass is 16.6. The third-order valence-electron chi connectivity index (χ3n) is 3.67. The number of nitrogens with one attached hydrogen (secondary N) is 1. The lowest BCUT2D eigenvalue weighted by Gasteiger charge is -2.08. The van der Waals surface area contributed by atoms with E-state index in [2.05, 4.69) is 10.5 Å². The number of benzene rings is 2. The first-order valence-corrected chi connectivity index (χ1v) is 7.65. The molecule has 130 valence electrons. The molecule has 0 fully saturated rings. The first kappa shape index (κ1) is 18.1. The number of amides is 1. The molecule has 0 heterocycles. The van der Waals surface area contributed by atoms with Gasteiger partial charge < -0.3 is 4.74 Å². The average molecular weight is 341 g/mol. The number of hydrogen-bond acceptors (Lipinski definition) is 5. The number of carbonyl (C=O) groups is 1. The van der Waals surface area contributed by atoms with Crippen LogP contribution in [-0.4, -0.2) is 23.1 Å². The van der Waals surface area contributed by atoms with Crippen LogP contribution in [-0.2, 0) is 4.79 Å². The molecule has 7 heteroatoms. The van der Waals surface area contributed by atoms with Crippen LogP contribution in [0, 0.1) is 24.0 Å². The summed E-state index contributed by atoms with van der Waals surface area (Å²) >= 11 is 0. The molecule has 1 N–H and O–H groups in total. The lowest BCUT2D eigenvalue weighted by molar-refractivity contribution is -0.384. The van der Waals surface area contributed by atoms with Gasteiger partial charge in [-0.2, -0.15) is 5.10 Å². The highest BCUT2D eigenvalue weighted by Gasteiger charge is 2.08. The Morgan fingerprint density at radius 2 is 1.96 bits per heavy atom. The van der Waals surface area contributed by atoms with Gasteiger partial charge in [-0.15, -0.1) is 0 Å². The summed E-state index contributed by atoms with van der Waals surface area (Å²) in [5, 5.41) is 14.7. The Hall–Kier alpha value is -3.22. The van der Waals surface area contributed by atoms with Gasteiger partial charge in [0.05, 0.1) is 10.6 Å². The van der Waals surface area contributed by atoms with E-state index in [1.807, 2.05) is 26.0 Å². The van der Waals surface area contributed by atoms with Gasteiger partial charge in [0.25, 0.3) is 11.6 Å². The largest absolute Gasteiger partial charge is 0.484 e. The number of nitro benzene ring substituents is 1. The zero-order valence-corrected chi connectivity index (χ0v) is 14.3. The first-order valence-electron chi connectivity index (χ1n) is 7.65. The van der Waals surface area contributed by atoms with Crippen LogP contribution in [0.15, 0.2) is 47.6 Å². The number of ether oxygens (including phenoxy) is 1. The quantitative estimate of drug-likeness (QED) is 0.496. The van der Waals surface area contributed by atoms with Gasteiger partial charge in [0, 0.05) is 17.7 Å². The maximum Gasteiger partial charge on any atom is 0.277 e. The Morgan fingerprint density at radius 1 is 1.20 bits per heavy atom. The van der Waals surface area contributed by atoms with Gasteiger partial charge in [0.1, 0.15) is 5.75 Å². The number of non-ortho nitro benzene ring substituents is 1. The van der Waals surface area contributed by atoms with Crippen molar-refractivity contribution in [2.75, 3.05) is 6.61 Å². The molecule has 2 aromatic rings. The Labute approximate surface area is 145 Å². The molecule has 0 radical (unpaired) electrons. The second kappa shape index (κ2) is 8.05. The van der Waals surface area contributed by atoms with Crippen LogP contribution in [0.25, 0.3) is 0 Å². The summed E-state index contributed by atoms with van der Waals surface area (Å²) in [6.45, 7) is 5.45. The number of rotatable bonds is 6. The van der Waals surface area contributed by atoms with Crippen molar-refractivity contribution >= 4 is 17.3 Å². The van der Waals surface area contributed by atoms with Crippen LogP contribution in [0.2, 0.25) is 0 Å². The fourth-order valence-electron chi connectivity index (χ4n) is 2.04. The maximum absolute atomic E-state index is 11.8. The molecular weight excluding hydrogens is 322 g/mol. The van der Waals surface area contributed by atoms with E-state index < -0.39 is 10.8 Å². The second-order valence-electron chi connectivity index (χ2n) is 5.57. The topological polar surface area (TPSA) is 93.8 Å². The van der Waals surface area contributed by atoms with Crippen molar-refractivity contribution in [1.29, 1.82) is 0 Å². The first-order chi connectivity index (χ1) is 11.9. The SMILES string of the molecule is C/C(=N\NC(=O)COc1ccc(C)c(C)c1)c1cccc([N+](=O)[O-])c1. The lowest BCUT2D eigenvalue weighted by Crippen LogP contribution is -2.25. The zero-order valence-electron chi connectivity index (χ0n) is 14.3. The number of hydrogen-bond donors (Lipinski definition) is 1. The van der Waals surface area contributed by atoms with Crippen molar-refractivity contribution < 1.29 is 14.5 Å². The van der Waals surface area contributed by atoms with Crippen LogP contribution in [0.3, 0.4) is 0 Å². The molecule has 2 aromatic carbocycles. The third-order valence-corrected chi connectivity index (χ3v) is 3.67. The normalized spacial score (nSPS) is 11.1. The number of carbonyl (C=O) groups excluding carboxylic acids is 1. The van der Waals surface area contributed by atoms with E-state index >= 15 is 0 Å². The molecule has 0 aliphatic heterocycles. The van der Waals surface area contributed by atoms with Gasteiger partial charge >= 0.3 is 0 Å². The second-order valence-corrected chi connectivity index (χ2v) is 5.57. The molecule has 0 bridgehead atoms. The van der Waals surface area contributed by atoms with Crippen molar-refractivity contribution in [1.82, 2.24) is 5.43 Å². The van der Waals surface area contributed by atoms with E-state index in [0.717, 1.165) is 11.1 Å². The molecule has 0 saturated carbocycles. The zero-order chi connectivity index (χ0) is 18.4. The summed E-state index contributed by atoms with van der Waals surface area (Å²) in [6.07, 6.45) is 0. The standard InChI is InChI=1S/C18H19N3O4/c1-12-7-8-17(9-13(12)2)25-11-18(22)20-19-14(3)15-5-4-6-16(10-15)21(23)24/h4-10H,11H2,1-3H3,(H,20,22)/b19-14+. The third kappa shape index (κ3) is 5.13. The van der Waals surface area contributed by atoms with Crippen LogP contribution in [0.1, 0.15) is 23.6 Å². The number of nitro groups is 1. The van der Waals surface area contributed by atoms with Crippen molar-refractivity contribution in [3.8, 4) is 5.75 Å². The van der Waals surface area contributed by atoms with Crippen LogP contribution in [0.4, 0.5) is 5.69 Å². The maximum atomic E-state index is 11.8. The molecule has 0 saturated heterocycles.